The third kappa shape index (κ3) is 6.61. The number of nitrogens with zero attached hydrogens (tertiary/aromatic N) is 1. The normalized spacial score (nSPS) is 13.5. The number of nitrogens with one attached hydrogen (secondary N) is 1. The summed E-state index contributed by atoms with van der Waals surface area (Å²) in [6, 6.07) is 11.1. The highest BCUT2D eigenvalue weighted by Gasteiger charge is 2.12. The van der Waals surface area contributed by atoms with Gasteiger partial charge in [0.25, 0.3) is 0 Å². The Morgan fingerprint density at radius 2 is 1.81 bits per heavy atom. The van der Waals surface area contributed by atoms with Crippen LogP contribution >= 0.6 is 0 Å². The van der Waals surface area contributed by atoms with Crippen molar-refractivity contribution in [3.05, 3.63) is 53.9 Å². The molecule has 0 saturated heterocycles. The average Bonchev–Trinajstić information content (AvgIpc) is 2.64. The van der Waals surface area contributed by atoms with E-state index < -0.39 is 12.4 Å². The van der Waals surface area contributed by atoms with Crippen molar-refractivity contribution in [1.82, 2.24) is 10.3 Å². The van der Waals surface area contributed by atoms with Gasteiger partial charge in [-0.2, -0.15) is 0 Å². The number of para-hydroxylation sites is 1. The minimum absolute atomic E-state index is 0.0566. The Morgan fingerprint density at radius 1 is 1.08 bits per heavy atom. The molecule has 0 saturated carbocycles. The van der Waals surface area contributed by atoms with Gasteiger partial charge in [-0.1, -0.05) is 18.2 Å². The SMILES string of the molecule is Cc1ncc(C(O)O)cc1OCC(O)CNC(C)COc1ccccc1. The Balaban J connectivity index is 1.71. The Morgan fingerprint density at radius 3 is 2.50 bits per heavy atom. The number of hydrogen-bond donors (Lipinski definition) is 4. The van der Waals surface area contributed by atoms with E-state index in [0.717, 1.165) is 5.75 Å². The van der Waals surface area contributed by atoms with Crippen LogP contribution in [0.3, 0.4) is 0 Å². The Labute approximate surface area is 153 Å². The van der Waals surface area contributed by atoms with Gasteiger partial charge >= 0.3 is 0 Å². The highest BCUT2D eigenvalue weighted by Crippen LogP contribution is 2.20. The first-order chi connectivity index (χ1) is 12.5. The third-order valence-corrected chi connectivity index (χ3v) is 3.74. The maximum atomic E-state index is 10.1. The van der Waals surface area contributed by atoms with Gasteiger partial charge in [0.15, 0.2) is 6.29 Å². The summed E-state index contributed by atoms with van der Waals surface area (Å²) in [5, 5.41) is 31.6. The van der Waals surface area contributed by atoms with E-state index >= 15 is 0 Å². The summed E-state index contributed by atoms with van der Waals surface area (Å²) in [5.41, 5.74) is 0.851. The smallest absolute Gasteiger partial charge is 0.180 e. The zero-order chi connectivity index (χ0) is 18.9. The third-order valence-electron chi connectivity index (χ3n) is 3.74. The summed E-state index contributed by atoms with van der Waals surface area (Å²) >= 11 is 0. The number of aliphatic hydroxyl groups is 3. The van der Waals surface area contributed by atoms with E-state index in [1.165, 1.54) is 12.3 Å². The van der Waals surface area contributed by atoms with Crippen LogP contribution < -0.4 is 14.8 Å². The largest absolute Gasteiger partial charge is 0.492 e. The fraction of sp³-hybridized carbons (Fsp3) is 0.421. The first-order valence-electron chi connectivity index (χ1n) is 8.50. The number of aliphatic hydroxyl groups excluding tert-OH is 2. The predicted molar refractivity (Wildman–Crippen MR) is 97.1 cm³/mol. The van der Waals surface area contributed by atoms with Gasteiger partial charge in [-0.25, -0.2) is 0 Å². The van der Waals surface area contributed by atoms with E-state index in [1.54, 1.807) is 6.92 Å². The molecule has 2 unspecified atom stereocenters. The minimum Gasteiger partial charge on any atom is -0.492 e. The molecule has 0 amide bonds. The van der Waals surface area contributed by atoms with E-state index in [1.807, 2.05) is 37.3 Å². The maximum Gasteiger partial charge on any atom is 0.180 e. The molecule has 26 heavy (non-hydrogen) atoms. The highest BCUT2D eigenvalue weighted by molar-refractivity contribution is 5.31. The van der Waals surface area contributed by atoms with Crippen LogP contribution in [0.1, 0.15) is 24.5 Å². The van der Waals surface area contributed by atoms with Crippen molar-refractivity contribution in [2.45, 2.75) is 32.3 Å². The van der Waals surface area contributed by atoms with Crippen molar-refractivity contribution < 1.29 is 24.8 Å². The lowest BCUT2D eigenvalue weighted by Gasteiger charge is -2.18. The van der Waals surface area contributed by atoms with E-state index in [0.29, 0.717) is 24.6 Å². The van der Waals surface area contributed by atoms with Crippen LogP contribution in [0.15, 0.2) is 42.6 Å². The van der Waals surface area contributed by atoms with Gasteiger partial charge in [-0.3, -0.25) is 4.98 Å². The molecular weight excluding hydrogens is 336 g/mol. The zero-order valence-corrected chi connectivity index (χ0v) is 15.0. The summed E-state index contributed by atoms with van der Waals surface area (Å²) in [6.07, 6.45) is -0.960. The molecule has 1 aromatic heterocycles. The molecule has 2 aromatic rings. The first kappa shape index (κ1) is 20.1. The quantitative estimate of drug-likeness (QED) is 0.470. The second-order valence-electron chi connectivity index (χ2n) is 6.12. The molecule has 7 heteroatoms. The molecule has 2 rings (SSSR count). The summed E-state index contributed by atoms with van der Waals surface area (Å²) in [6.45, 7) is 4.60. The molecule has 7 nitrogen and oxygen atoms in total. The van der Waals surface area contributed by atoms with Crippen molar-refractivity contribution in [3.63, 3.8) is 0 Å². The summed E-state index contributed by atoms with van der Waals surface area (Å²) in [4.78, 5) is 4.05. The first-order valence-corrected chi connectivity index (χ1v) is 8.50. The number of pyridine rings is 1. The molecule has 2 atom stereocenters. The molecule has 0 bridgehead atoms. The molecule has 0 aliphatic carbocycles. The number of aromatic nitrogens is 1. The molecular formula is C19H26N2O5. The fourth-order valence-corrected chi connectivity index (χ4v) is 2.19. The van der Waals surface area contributed by atoms with E-state index in [-0.39, 0.29) is 18.2 Å². The van der Waals surface area contributed by atoms with Crippen LogP contribution in [0, 0.1) is 6.92 Å². The number of ether oxygens (including phenoxy) is 2. The molecule has 0 aliphatic heterocycles. The van der Waals surface area contributed by atoms with Gasteiger partial charge in [0.05, 0.1) is 5.69 Å². The van der Waals surface area contributed by atoms with Crippen molar-refractivity contribution in [2.75, 3.05) is 19.8 Å². The van der Waals surface area contributed by atoms with Crippen LogP contribution in [-0.2, 0) is 0 Å². The molecule has 0 aliphatic rings. The highest BCUT2D eigenvalue weighted by atomic mass is 16.5. The number of benzene rings is 1. The zero-order valence-electron chi connectivity index (χ0n) is 15.0. The predicted octanol–water partition coefficient (Wildman–Crippen LogP) is 1.17. The van der Waals surface area contributed by atoms with Crippen molar-refractivity contribution in [3.8, 4) is 11.5 Å². The minimum atomic E-state index is -1.61. The fourth-order valence-electron chi connectivity index (χ4n) is 2.19. The average molecular weight is 362 g/mol. The molecule has 1 aromatic carbocycles. The van der Waals surface area contributed by atoms with Gasteiger partial charge in [-0.05, 0) is 32.0 Å². The van der Waals surface area contributed by atoms with Crippen LogP contribution in [0.5, 0.6) is 11.5 Å². The summed E-state index contributed by atoms with van der Waals surface area (Å²) < 4.78 is 11.2. The van der Waals surface area contributed by atoms with E-state index in [9.17, 15) is 15.3 Å². The van der Waals surface area contributed by atoms with Gasteiger partial charge in [0.2, 0.25) is 0 Å². The molecule has 0 spiro atoms. The van der Waals surface area contributed by atoms with Gasteiger partial charge in [0.1, 0.15) is 30.8 Å². The summed E-state index contributed by atoms with van der Waals surface area (Å²) in [7, 11) is 0. The van der Waals surface area contributed by atoms with Gasteiger partial charge < -0.3 is 30.1 Å². The van der Waals surface area contributed by atoms with Crippen LogP contribution in [0.2, 0.25) is 0 Å². The number of rotatable bonds is 10. The van der Waals surface area contributed by atoms with Crippen LogP contribution in [0.4, 0.5) is 0 Å². The van der Waals surface area contributed by atoms with Gasteiger partial charge in [-0.15, -0.1) is 0 Å². The second kappa shape index (κ2) is 10.1. The van der Waals surface area contributed by atoms with Crippen molar-refractivity contribution >= 4 is 0 Å². The van der Waals surface area contributed by atoms with Crippen LogP contribution in [0.25, 0.3) is 0 Å². The lowest BCUT2D eigenvalue weighted by molar-refractivity contribution is -0.0429. The Kier molecular flexibility index (Phi) is 7.80. The molecule has 1 heterocycles. The molecule has 142 valence electrons. The molecule has 0 fully saturated rings. The monoisotopic (exact) mass is 362 g/mol. The lowest BCUT2D eigenvalue weighted by atomic mass is 10.2. The van der Waals surface area contributed by atoms with E-state index in [4.69, 9.17) is 9.47 Å². The second-order valence-corrected chi connectivity index (χ2v) is 6.12. The summed E-state index contributed by atoms with van der Waals surface area (Å²) in [5.74, 6) is 1.22. The lowest BCUT2D eigenvalue weighted by Crippen LogP contribution is -2.39. The standard InChI is InChI=1S/C19H26N2O5/c1-13(11-25-17-6-4-3-5-7-17)20-10-16(22)12-26-18-8-15(19(23)24)9-21-14(18)2/h3-9,13,16,19-20,22-24H,10-12H2,1-2H3. The number of aryl methyl sites for hydroxylation is 1. The van der Waals surface area contributed by atoms with Gasteiger partial charge in [0, 0.05) is 24.3 Å². The van der Waals surface area contributed by atoms with Crippen molar-refractivity contribution in [2.24, 2.45) is 0 Å². The van der Waals surface area contributed by atoms with Crippen molar-refractivity contribution in [1.29, 1.82) is 0 Å². The topological polar surface area (TPSA) is 104 Å². The molecule has 4 N–H and O–H groups in total. The Bertz CT molecular complexity index is 666. The maximum absolute atomic E-state index is 10.1. The van der Waals surface area contributed by atoms with Crippen LogP contribution in [-0.4, -0.2) is 52.2 Å². The number of hydrogen-bond acceptors (Lipinski definition) is 7. The Hall–Kier alpha value is -2.19. The van der Waals surface area contributed by atoms with E-state index in [2.05, 4.69) is 10.3 Å². The molecule has 0 radical (unpaired) electrons.